The van der Waals surface area contributed by atoms with Gasteiger partial charge in [-0.15, -0.1) is 0 Å². The molecular formula is C11H9Cl2N3O. The van der Waals surface area contributed by atoms with E-state index in [9.17, 15) is 4.79 Å². The number of ketones is 1. The van der Waals surface area contributed by atoms with Gasteiger partial charge in [0, 0.05) is 17.6 Å². The molecule has 0 spiro atoms. The molecule has 0 aliphatic heterocycles. The molecule has 0 saturated heterocycles. The topological polar surface area (TPSA) is 47.8 Å². The quantitative estimate of drug-likeness (QED) is 0.805. The van der Waals surface area contributed by atoms with Crippen molar-refractivity contribution >= 4 is 29.0 Å². The zero-order valence-corrected chi connectivity index (χ0v) is 10.5. The molecule has 1 heterocycles. The second-order valence-electron chi connectivity index (χ2n) is 3.52. The molecule has 0 aliphatic rings. The Morgan fingerprint density at radius 3 is 2.76 bits per heavy atom. The number of benzene rings is 1. The Morgan fingerprint density at radius 1 is 1.41 bits per heavy atom. The Balaban J connectivity index is 2.23. The number of rotatable bonds is 3. The smallest absolute Gasteiger partial charge is 0.171 e. The summed E-state index contributed by atoms with van der Waals surface area (Å²) in [6.45, 7) is 0. The fourth-order valence-corrected chi connectivity index (χ4v) is 1.95. The number of hydrogen-bond donors (Lipinski definition) is 0. The van der Waals surface area contributed by atoms with E-state index in [-0.39, 0.29) is 12.2 Å². The number of hydrogen-bond acceptors (Lipinski definition) is 3. The van der Waals surface area contributed by atoms with E-state index in [1.54, 1.807) is 29.9 Å². The van der Waals surface area contributed by atoms with Crippen molar-refractivity contribution in [3.8, 4) is 0 Å². The molecule has 2 aromatic rings. The van der Waals surface area contributed by atoms with Gasteiger partial charge in [-0.05, 0) is 18.2 Å². The lowest BCUT2D eigenvalue weighted by atomic mass is 10.1. The summed E-state index contributed by atoms with van der Waals surface area (Å²) in [5, 5.41) is 4.76. The van der Waals surface area contributed by atoms with E-state index >= 15 is 0 Å². The van der Waals surface area contributed by atoms with Crippen molar-refractivity contribution in [1.82, 2.24) is 14.8 Å². The number of carbonyl (C=O) groups is 1. The molecule has 0 amide bonds. The highest BCUT2D eigenvalue weighted by molar-refractivity contribution is 6.36. The molecule has 1 aromatic carbocycles. The largest absolute Gasteiger partial charge is 0.294 e. The third-order valence-electron chi connectivity index (χ3n) is 2.36. The van der Waals surface area contributed by atoms with Crippen molar-refractivity contribution in [3.63, 3.8) is 0 Å². The minimum atomic E-state index is -0.109. The molecule has 2 rings (SSSR count). The van der Waals surface area contributed by atoms with E-state index in [0.717, 1.165) is 0 Å². The van der Waals surface area contributed by atoms with Crippen LogP contribution in [0.5, 0.6) is 0 Å². The fourth-order valence-electron chi connectivity index (χ4n) is 1.43. The lowest BCUT2D eigenvalue weighted by Gasteiger charge is -2.03. The van der Waals surface area contributed by atoms with Crippen molar-refractivity contribution in [2.75, 3.05) is 0 Å². The van der Waals surface area contributed by atoms with Crippen LogP contribution in [0, 0.1) is 0 Å². The maximum atomic E-state index is 12.0. The maximum absolute atomic E-state index is 12.0. The SMILES string of the molecule is Cn1ncnc1CC(=O)c1ccc(Cl)cc1Cl. The van der Waals surface area contributed by atoms with E-state index in [2.05, 4.69) is 10.1 Å². The van der Waals surface area contributed by atoms with Crippen LogP contribution in [0.1, 0.15) is 16.2 Å². The monoisotopic (exact) mass is 269 g/mol. The summed E-state index contributed by atoms with van der Waals surface area (Å²) in [5.41, 5.74) is 0.444. The van der Waals surface area contributed by atoms with Gasteiger partial charge in [-0.1, -0.05) is 23.2 Å². The van der Waals surface area contributed by atoms with Crippen LogP contribution in [-0.4, -0.2) is 20.5 Å². The molecule has 0 fully saturated rings. The summed E-state index contributed by atoms with van der Waals surface area (Å²) in [5.74, 6) is 0.490. The first-order valence-electron chi connectivity index (χ1n) is 4.89. The predicted molar refractivity (Wildman–Crippen MR) is 65.5 cm³/mol. The summed E-state index contributed by atoms with van der Waals surface area (Å²) in [7, 11) is 1.74. The van der Waals surface area contributed by atoms with Crippen molar-refractivity contribution in [2.24, 2.45) is 7.05 Å². The number of aryl methyl sites for hydroxylation is 1. The van der Waals surface area contributed by atoms with Crippen LogP contribution in [0.2, 0.25) is 10.0 Å². The van der Waals surface area contributed by atoms with Gasteiger partial charge in [0.1, 0.15) is 12.2 Å². The average Bonchev–Trinajstić information content (AvgIpc) is 2.64. The molecule has 1 aromatic heterocycles. The normalized spacial score (nSPS) is 10.5. The summed E-state index contributed by atoms with van der Waals surface area (Å²) in [6, 6.07) is 4.80. The van der Waals surface area contributed by atoms with E-state index in [1.807, 2.05) is 0 Å². The number of carbonyl (C=O) groups excluding carboxylic acids is 1. The molecule has 0 N–H and O–H groups in total. The van der Waals surface area contributed by atoms with Gasteiger partial charge in [-0.3, -0.25) is 9.48 Å². The lowest BCUT2D eigenvalue weighted by molar-refractivity contribution is 0.0990. The zero-order chi connectivity index (χ0) is 12.4. The van der Waals surface area contributed by atoms with Crippen LogP contribution in [0.3, 0.4) is 0 Å². The van der Waals surface area contributed by atoms with Crippen molar-refractivity contribution in [3.05, 3.63) is 46.0 Å². The van der Waals surface area contributed by atoms with Crippen molar-refractivity contribution < 1.29 is 4.79 Å². The average molecular weight is 270 g/mol. The summed E-state index contributed by atoms with van der Waals surface area (Å²) in [6.07, 6.45) is 1.57. The molecule has 0 unspecified atom stereocenters. The minimum absolute atomic E-state index is 0.109. The fraction of sp³-hybridized carbons (Fsp3) is 0.182. The van der Waals surface area contributed by atoms with Gasteiger partial charge in [0.25, 0.3) is 0 Å². The van der Waals surface area contributed by atoms with Crippen LogP contribution in [0.4, 0.5) is 0 Å². The molecule has 0 aliphatic carbocycles. The van der Waals surface area contributed by atoms with Crippen LogP contribution in [0.25, 0.3) is 0 Å². The van der Waals surface area contributed by atoms with Crippen molar-refractivity contribution in [1.29, 1.82) is 0 Å². The van der Waals surface area contributed by atoms with Gasteiger partial charge in [0.2, 0.25) is 0 Å². The first kappa shape index (κ1) is 12.1. The van der Waals surface area contributed by atoms with Crippen LogP contribution < -0.4 is 0 Å². The Kier molecular flexibility index (Phi) is 3.45. The Bertz CT molecular complexity index is 566. The minimum Gasteiger partial charge on any atom is -0.294 e. The summed E-state index contributed by atoms with van der Waals surface area (Å²) >= 11 is 11.7. The van der Waals surface area contributed by atoms with E-state index in [1.165, 1.54) is 6.33 Å². The van der Waals surface area contributed by atoms with Crippen molar-refractivity contribution in [2.45, 2.75) is 6.42 Å². The highest BCUT2D eigenvalue weighted by atomic mass is 35.5. The standard InChI is InChI=1S/C11H9Cl2N3O/c1-16-11(14-6-15-16)5-10(17)8-3-2-7(12)4-9(8)13/h2-4,6H,5H2,1H3. The molecule has 0 bridgehead atoms. The molecule has 0 atom stereocenters. The maximum Gasteiger partial charge on any atom is 0.171 e. The molecule has 0 saturated carbocycles. The molecular weight excluding hydrogens is 261 g/mol. The molecule has 0 radical (unpaired) electrons. The van der Waals surface area contributed by atoms with Gasteiger partial charge in [0.15, 0.2) is 5.78 Å². The van der Waals surface area contributed by atoms with E-state index in [4.69, 9.17) is 23.2 Å². The Morgan fingerprint density at radius 2 is 2.18 bits per heavy atom. The molecule has 17 heavy (non-hydrogen) atoms. The Labute approximate surface area is 108 Å². The number of halogens is 2. The molecule has 88 valence electrons. The summed E-state index contributed by atoms with van der Waals surface area (Å²) in [4.78, 5) is 16.0. The van der Waals surface area contributed by atoms with Crippen LogP contribution in [0.15, 0.2) is 24.5 Å². The highest BCUT2D eigenvalue weighted by Gasteiger charge is 2.14. The number of nitrogens with zero attached hydrogens (tertiary/aromatic N) is 3. The summed E-state index contributed by atoms with van der Waals surface area (Å²) < 4.78 is 1.56. The number of aromatic nitrogens is 3. The molecule has 4 nitrogen and oxygen atoms in total. The predicted octanol–water partition coefficient (Wildman–Crippen LogP) is 2.55. The third-order valence-corrected chi connectivity index (χ3v) is 2.90. The van der Waals surface area contributed by atoms with Crippen LogP contribution >= 0.6 is 23.2 Å². The van der Waals surface area contributed by atoms with Gasteiger partial charge in [-0.2, -0.15) is 5.10 Å². The lowest BCUT2D eigenvalue weighted by Crippen LogP contribution is -2.09. The second-order valence-corrected chi connectivity index (χ2v) is 4.37. The number of Topliss-reactive ketones (excluding diaryl/α,β-unsaturated/α-hetero) is 1. The van der Waals surface area contributed by atoms with E-state index < -0.39 is 0 Å². The zero-order valence-electron chi connectivity index (χ0n) is 9.02. The van der Waals surface area contributed by atoms with Gasteiger partial charge in [0.05, 0.1) is 11.4 Å². The second kappa shape index (κ2) is 4.85. The first-order chi connectivity index (χ1) is 8.08. The van der Waals surface area contributed by atoms with E-state index in [0.29, 0.717) is 21.4 Å². The Hall–Kier alpha value is -1.39. The van der Waals surface area contributed by atoms with Gasteiger partial charge in [-0.25, -0.2) is 4.98 Å². The van der Waals surface area contributed by atoms with Gasteiger partial charge >= 0.3 is 0 Å². The highest BCUT2D eigenvalue weighted by Crippen LogP contribution is 2.22. The first-order valence-corrected chi connectivity index (χ1v) is 5.64. The third kappa shape index (κ3) is 2.65. The van der Waals surface area contributed by atoms with Gasteiger partial charge < -0.3 is 0 Å². The van der Waals surface area contributed by atoms with Crippen LogP contribution in [-0.2, 0) is 13.5 Å². The molecule has 6 heteroatoms.